The Kier molecular flexibility index (Phi) is 6.74. The van der Waals surface area contributed by atoms with Gasteiger partial charge in [-0.05, 0) is 25.6 Å². The molecule has 0 heterocycles. The fourth-order valence-corrected chi connectivity index (χ4v) is 1.57. The largest absolute Gasteiger partial charge is 0.490 e. The summed E-state index contributed by atoms with van der Waals surface area (Å²) in [7, 11) is 1.89. The first-order chi connectivity index (χ1) is 9.13. The Balaban J connectivity index is 2.22. The van der Waals surface area contributed by atoms with E-state index in [4.69, 9.17) is 10.5 Å². The predicted octanol–water partition coefficient (Wildman–Crippen LogP) is 1.11. The van der Waals surface area contributed by atoms with Crippen LogP contribution in [0.15, 0.2) is 24.3 Å². The standard InChI is InChI=1S/C14H23N3O2/c1-3-8-16-14(18)11-17(2)9-10-19-13-7-5-4-6-12(13)15/h4-7H,3,8-11,15H2,1-2H3,(H,16,18). The Morgan fingerprint density at radius 2 is 2.16 bits per heavy atom. The molecule has 0 unspecified atom stereocenters. The van der Waals surface area contributed by atoms with Crippen molar-refractivity contribution in [3.63, 3.8) is 0 Å². The molecule has 1 aromatic carbocycles. The summed E-state index contributed by atoms with van der Waals surface area (Å²) in [5, 5.41) is 2.84. The van der Waals surface area contributed by atoms with E-state index in [9.17, 15) is 4.79 Å². The van der Waals surface area contributed by atoms with Gasteiger partial charge < -0.3 is 15.8 Å². The molecule has 1 rings (SSSR count). The van der Waals surface area contributed by atoms with Crippen LogP contribution in [0, 0.1) is 0 Å². The van der Waals surface area contributed by atoms with E-state index in [1.54, 1.807) is 6.07 Å². The van der Waals surface area contributed by atoms with Crippen molar-refractivity contribution >= 4 is 11.6 Å². The fraction of sp³-hybridized carbons (Fsp3) is 0.500. The topological polar surface area (TPSA) is 67.6 Å². The molecule has 0 aliphatic heterocycles. The maximum absolute atomic E-state index is 11.5. The Hall–Kier alpha value is -1.75. The van der Waals surface area contributed by atoms with Crippen LogP contribution in [0.4, 0.5) is 5.69 Å². The summed E-state index contributed by atoms with van der Waals surface area (Å²) in [6, 6.07) is 7.39. The van der Waals surface area contributed by atoms with Crippen molar-refractivity contribution in [2.75, 3.05) is 39.0 Å². The highest BCUT2D eigenvalue weighted by molar-refractivity contribution is 5.77. The SMILES string of the molecule is CCCNC(=O)CN(C)CCOc1ccccc1N. The molecule has 19 heavy (non-hydrogen) atoms. The smallest absolute Gasteiger partial charge is 0.234 e. The molecule has 0 bridgehead atoms. The lowest BCUT2D eigenvalue weighted by Crippen LogP contribution is -2.37. The molecule has 106 valence electrons. The number of ether oxygens (including phenoxy) is 1. The van der Waals surface area contributed by atoms with E-state index in [0.29, 0.717) is 31.1 Å². The number of nitrogens with two attached hydrogens (primary N) is 1. The number of para-hydroxylation sites is 2. The molecular weight excluding hydrogens is 242 g/mol. The van der Waals surface area contributed by atoms with E-state index >= 15 is 0 Å². The number of nitrogens with zero attached hydrogens (tertiary/aromatic N) is 1. The number of nitrogen functional groups attached to an aromatic ring is 1. The molecule has 3 N–H and O–H groups in total. The van der Waals surface area contributed by atoms with Crippen molar-refractivity contribution in [2.24, 2.45) is 0 Å². The van der Waals surface area contributed by atoms with Gasteiger partial charge in [-0.1, -0.05) is 19.1 Å². The van der Waals surface area contributed by atoms with Gasteiger partial charge in [0.1, 0.15) is 12.4 Å². The average molecular weight is 265 g/mol. The number of carbonyl (C=O) groups excluding carboxylic acids is 1. The van der Waals surface area contributed by atoms with E-state index in [0.717, 1.165) is 13.0 Å². The zero-order chi connectivity index (χ0) is 14.1. The van der Waals surface area contributed by atoms with E-state index in [2.05, 4.69) is 5.32 Å². The molecule has 5 heteroatoms. The quantitative estimate of drug-likeness (QED) is 0.691. The minimum atomic E-state index is 0.0450. The molecule has 5 nitrogen and oxygen atoms in total. The summed E-state index contributed by atoms with van der Waals surface area (Å²) in [6.45, 7) is 4.32. The van der Waals surface area contributed by atoms with E-state index in [-0.39, 0.29) is 5.91 Å². The molecule has 0 fully saturated rings. The first-order valence-corrected chi connectivity index (χ1v) is 6.56. The molecule has 0 atom stereocenters. The zero-order valence-corrected chi connectivity index (χ0v) is 11.7. The van der Waals surface area contributed by atoms with Crippen LogP contribution in [-0.2, 0) is 4.79 Å². The predicted molar refractivity (Wildman–Crippen MR) is 77.1 cm³/mol. The van der Waals surface area contributed by atoms with Gasteiger partial charge in [0.25, 0.3) is 0 Å². The van der Waals surface area contributed by atoms with Gasteiger partial charge in [-0.25, -0.2) is 0 Å². The number of hydrogen-bond donors (Lipinski definition) is 2. The molecule has 0 saturated carbocycles. The van der Waals surface area contributed by atoms with Crippen LogP contribution in [0.3, 0.4) is 0 Å². The summed E-state index contributed by atoms with van der Waals surface area (Å²) in [6.07, 6.45) is 0.950. The highest BCUT2D eigenvalue weighted by atomic mass is 16.5. The number of nitrogens with one attached hydrogen (secondary N) is 1. The summed E-state index contributed by atoms with van der Waals surface area (Å²) < 4.78 is 5.57. The highest BCUT2D eigenvalue weighted by Gasteiger charge is 2.06. The van der Waals surface area contributed by atoms with Crippen LogP contribution in [0.2, 0.25) is 0 Å². The monoisotopic (exact) mass is 265 g/mol. The van der Waals surface area contributed by atoms with Crippen molar-refractivity contribution < 1.29 is 9.53 Å². The Morgan fingerprint density at radius 3 is 2.84 bits per heavy atom. The first-order valence-electron chi connectivity index (χ1n) is 6.56. The number of benzene rings is 1. The maximum Gasteiger partial charge on any atom is 0.234 e. The highest BCUT2D eigenvalue weighted by Crippen LogP contribution is 2.19. The van der Waals surface area contributed by atoms with Crippen LogP contribution in [0.25, 0.3) is 0 Å². The summed E-state index contributed by atoms with van der Waals surface area (Å²) >= 11 is 0. The van der Waals surface area contributed by atoms with Gasteiger partial charge in [0.15, 0.2) is 0 Å². The molecule has 1 aromatic rings. The second-order valence-corrected chi connectivity index (χ2v) is 4.47. The van der Waals surface area contributed by atoms with Gasteiger partial charge in [-0.15, -0.1) is 0 Å². The fourth-order valence-electron chi connectivity index (χ4n) is 1.57. The van der Waals surface area contributed by atoms with E-state index in [1.807, 2.05) is 37.1 Å². The van der Waals surface area contributed by atoms with Crippen LogP contribution >= 0.6 is 0 Å². The van der Waals surface area contributed by atoms with Gasteiger partial charge in [0, 0.05) is 13.1 Å². The van der Waals surface area contributed by atoms with Crippen LogP contribution in [0.1, 0.15) is 13.3 Å². The number of carbonyl (C=O) groups is 1. The van der Waals surface area contributed by atoms with Gasteiger partial charge in [0.05, 0.1) is 12.2 Å². The molecule has 0 aliphatic carbocycles. The third-order valence-corrected chi connectivity index (χ3v) is 2.64. The minimum Gasteiger partial charge on any atom is -0.490 e. The summed E-state index contributed by atoms with van der Waals surface area (Å²) in [5.41, 5.74) is 6.40. The molecule has 1 amide bonds. The molecule has 0 spiro atoms. The number of amides is 1. The van der Waals surface area contributed by atoms with Crippen molar-refractivity contribution in [3.8, 4) is 5.75 Å². The summed E-state index contributed by atoms with van der Waals surface area (Å²) in [5.74, 6) is 0.731. The number of anilines is 1. The van der Waals surface area contributed by atoms with Gasteiger partial charge in [0.2, 0.25) is 5.91 Å². The Bertz CT molecular complexity index is 396. The third-order valence-electron chi connectivity index (χ3n) is 2.64. The number of rotatable bonds is 8. The van der Waals surface area contributed by atoms with Crippen LogP contribution in [0.5, 0.6) is 5.75 Å². The second kappa shape index (κ2) is 8.37. The van der Waals surface area contributed by atoms with Gasteiger partial charge >= 0.3 is 0 Å². The zero-order valence-electron chi connectivity index (χ0n) is 11.7. The van der Waals surface area contributed by atoms with Gasteiger partial charge in [-0.3, -0.25) is 9.69 Å². The second-order valence-electron chi connectivity index (χ2n) is 4.47. The Morgan fingerprint density at radius 1 is 1.42 bits per heavy atom. The lowest BCUT2D eigenvalue weighted by Gasteiger charge is -2.17. The molecule has 0 aromatic heterocycles. The first kappa shape index (κ1) is 15.3. The summed E-state index contributed by atoms with van der Waals surface area (Å²) in [4.78, 5) is 13.4. The van der Waals surface area contributed by atoms with Crippen molar-refractivity contribution in [2.45, 2.75) is 13.3 Å². The van der Waals surface area contributed by atoms with Crippen molar-refractivity contribution in [3.05, 3.63) is 24.3 Å². The van der Waals surface area contributed by atoms with E-state index in [1.165, 1.54) is 0 Å². The number of hydrogen-bond acceptors (Lipinski definition) is 4. The normalized spacial score (nSPS) is 10.5. The van der Waals surface area contributed by atoms with Gasteiger partial charge in [-0.2, -0.15) is 0 Å². The minimum absolute atomic E-state index is 0.0450. The van der Waals surface area contributed by atoms with Crippen LogP contribution < -0.4 is 15.8 Å². The molecule has 0 saturated heterocycles. The van der Waals surface area contributed by atoms with Crippen molar-refractivity contribution in [1.82, 2.24) is 10.2 Å². The molecular formula is C14H23N3O2. The lowest BCUT2D eigenvalue weighted by atomic mass is 10.3. The number of likely N-dealkylation sites (N-methyl/N-ethyl adjacent to an activating group) is 1. The molecule has 0 radical (unpaired) electrons. The molecule has 0 aliphatic rings. The Labute approximate surface area is 114 Å². The van der Waals surface area contributed by atoms with E-state index < -0.39 is 0 Å². The van der Waals surface area contributed by atoms with Crippen LogP contribution in [-0.4, -0.2) is 44.1 Å². The van der Waals surface area contributed by atoms with Crippen molar-refractivity contribution in [1.29, 1.82) is 0 Å². The maximum atomic E-state index is 11.5. The average Bonchev–Trinajstić information content (AvgIpc) is 2.38. The lowest BCUT2D eigenvalue weighted by molar-refractivity contribution is -0.122. The third kappa shape index (κ3) is 6.10.